The smallest absolute Gasteiger partial charge is 0.312 e. The fraction of sp³-hybridized carbons (Fsp3) is 0.526. The third-order valence-corrected chi connectivity index (χ3v) is 5.44. The van der Waals surface area contributed by atoms with Gasteiger partial charge in [0.05, 0.1) is 12.0 Å². The van der Waals surface area contributed by atoms with Crippen molar-refractivity contribution in [1.82, 2.24) is 9.78 Å². The van der Waals surface area contributed by atoms with Crippen molar-refractivity contribution in [3.8, 4) is 5.75 Å². The minimum Gasteiger partial charge on any atom is -0.496 e. The monoisotopic (exact) mass is 375 g/mol. The van der Waals surface area contributed by atoms with Crippen molar-refractivity contribution in [2.45, 2.75) is 34.0 Å². The molecule has 1 aliphatic heterocycles. The van der Waals surface area contributed by atoms with Gasteiger partial charge in [0.15, 0.2) is 6.67 Å². The molecule has 0 radical (unpaired) electrons. The van der Waals surface area contributed by atoms with E-state index in [1.807, 2.05) is 6.07 Å². The minimum atomic E-state index is -0.333. The fourth-order valence-corrected chi connectivity index (χ4v) is 3.92. The number of nitrogens with zero attached hydrogens (tertiary/aromatic N) is 3. The van der Waals surface area contributed by atoms with Crippen molar-refractivity contribution in [3.63, 3.8) is 0 Å². The fourth-order valence-electron chi connectivity index (χ4n) is 3.92. The highest BCUT2D eigenvalue weighted by Crippen LogP contribution is 2.21. The summed E-state index contributed by atoms with van der Waals surface area (Å²) in [5.74, 6) is 0.956. The van der Waals surface area contributed by atoms with Gasteiger partial charge in [-0.15, -0.1) is 0 Å². The second-order valence-corrected chi connectivity index (χ2v) is 7.43. The first-order valence-corrected chi connectivity index (χ1v) is 9.38. The third kappa shape index (κ3) is 4.28. The number of rotatable bonds is 6. The van der Waals surface area contributed by atoms with Crippen LogP contribution in [0.2, 0.25) is 0 Å². The van der Waals surface area contributed by atoms with Gasteiger partial charge in [-0.3, -0.25) is 10.1 Å². The zero-order valence-electron chi connectivity index (χ0n) is 16.5. The number of hydrogen-bond acceptors (Lipinski definition) is 4. The molecule has 1 aliphatic rings. The van der Waals surface area contributed by atoms with Gasteiger partial charge in [-0.25, -0.2) is 4.68 Å². The van der Waals surface area contributed by atoms with Crippen LogP contribution >= 0.6 is 0 Å². The van der Waals surface area contributed by atoms with Gasteiger partial charge in [-0.05, 0) is 32.9 Å². The van der Waals surface area contributed by atoms with Gasteiger partial charge in [-0.2, -0.15) is 5.10 Å². The van der Waals surface area contributed by atoms with E-state index in [-0.39, 0.29) is 10.6 Å². The molecule has 0 bridgehead atoms. The normalized spacial score (nSPS) is 19.9. The Morgan fingerprint density at radius 2 is 1.85 bits per heavy atom. The van der Waals surface area contributed by atoms with Gasteiger partial charge in [-0.1, -0.05) is 11.6 Å². The van der Waals surface area contributed by atoms with Crippen LogP contribution < -0.4 is 14.5 Å². The van der Waals surface area contributed by atoms with E-state index in [4.69, 9.17) is 4.74 Å². The molecule has 27 heavy (non-hydrogen) atoms. The van der Waals surface area contributed by atoms with Crippen LogP contribution in [0.25, 0.3) is 0 Å². The molecule has 0 unspecified atom stereocenters. The molecule has 1 saturated heterocycles. The predicted octanol–water partition coefficient (Wildman–Crippen LogP) is -0.334. The van der Waals surface area contributed by atoms with Crippen LogP contribution in [-0.4, -0.2) is 48.0 Å². The number of nitro groups is 1. The molecule has 0 aliphatic carbocycles. The summed E-state index contributed by atoms with van der Waals surface area (Å²) in [6.07, 6.45) is 0. The Kier molecular flexibility index (Phi) is 5.76. The Hall–Kier alpha value is -2.45. The van der Waals surface area contributed by atoms with Crippen LogP contribution in [0.4, 0.5) is 5.69 Å². The molecular weight excluding hydrogens is 346 g/mol. The van der Waals surface area contributed by atoms with Crippen molar-refractivity contribution in [3.05, 3.63) is 50.8 Å². The van der Waals surface area contributed by atoms with Gasteiger partial charge >= 0.3 is 5.69 Å². The van der Waals surface area contributed by atoms with E-state index in [0.717, 1.165) is 38.5 Å². The molecule has 0 amide bonds. The molecule has 2 N–H and O–H groups in total. The lowest BCUT2D eigenvalue weighted by Gasteiger charge is -2.30. The number of aromatic nitrogens is 2. The summed E-state index contributed by atoms with van der Waals surface area (Å²) < 4.78 is 7.29. The number of ether oxygens (including phenoxy) is 1. The number of nitrogens with one attached hydrogen (secondary N) is 2. The van der Waals surface area contributed by atoms with Crippen LogP contribution in [-0.2, 0) is 13.2 Å². The average Bonchev–Trinajstić information content (AvgIpc) is 2.90. The highest BCUT2D eigenvalue weighted by Gasteiger charge is 2.27. The summed E-state index contributed by atoms with van der Waals surface area (Å²) >= 11 is 0. The molecule has 0 atom stereocenters. The lowest BCUT2D eigenvalue weighted by Crippen LogP contribution is -3.27. The Balaban J connectivity index is 1.59. The van der Waals surface area contributed by atoms with Crippen molar-refractivity contribution in [2.75, 3.05) is 33.3 Å². The largest absolute Gasteiger partial charge is 0.496 e. The number of piperazine rings is 1. The van der Waals surface area contributed by atoms with Crippen LogP contribution in [0.5, 0.6) is 5.75 Å². The second kappa shape index (κ2) is 8.06. The van der Waals surface area contributed by atoms with Crippen LogP contribution in [0.1, 0.15) is 22.5 Å². The molecule has 8 heteroatoms. The standard InChI is InChI=1S/C19H27N5O3/c1-14-5-6-18(27-4)17(11-14)12-21-7-9-22(10-8-21)13-23-16(3)19(24(25)26)15(2)20-23/h5-6,11H,7-10,12-13H2,1-4H3/p+2. The molecule has 2 aromatic rings. The van der Waals surface area contributed by atoms with Gasteiger partial charge in [0.25, 0.3) is 0 Å². The maximum atomic E-state index is 11.2. The summed E-state index contributed by atoms with van der Waals surface area (Å²) in [5.41, 5.74) is 3.79. The summed E-state index contributed by atoms with van der Waals surface area (Å²) in [5, 5.41) is 15.5. The molecule has 0 saturated carbocycles. The Morgan fingerprint density at radius 3 is 2.44 bits per heavy atom. The van der Waals surface area contributed by atoms with E-state index >= 15 is 0 Å². The highest BCUT2D eigenvalue weighted by atomic mass is 16.6. The van der Waals surface area contributed by atoms with Crippen LogP contribution in [0, 0.1) is 30.9 Å². The highest BCUT2D eigenvalue weighted by molar-refractivity contribution is 5.39. The van der Waals surface area contributed by atoms with Crippen LogP contribution in [0.15, 0.2) is 18.2 Å². The van der Waals surface area contributed by atoms with Crippen molar-refractivity contribution in [2.24, 2.45) is 0 Å². The average molecular weight is 375 g/mol. The zero-order chi connectivity index (χ0) is 19.6. The molecule has 1 aromatic carbocycles. The van der Waals surface area contributed by atoms with Gasteiger partial charge in [0.2, 0.25) is 0 Å². The number of methoxy groups -OCH3 is 1. The van der Waals surface area contributed by atoms with Crippen molar-refractivity contribution >= 4 is 5.69 Å². The van der Waals surface area contributed by atoms with Gasteiger partial charge in [0.1, 0.15) is 49.9 Å². The van der Waals surface area contributed by atoms with Crippen LogP contribution in [0.3, 0.4) is 0 Å². The number of aryl methyl sites for hydroxylation is 2. The molecule has 2 heterocycles. The zero-order valence-corrected chi connectivity index (χ0v) is 16.5. The number of quaternary nitrogens is 2. The Morgan fingerprint density at radius 1 is 1.19 bits per heavy atom. The SMILES string of the molecule is COc1ccc(C)cc1C[NH+]1CC[NH+](Cn2nc(C)c([N+](=O)[O-])c2C)CC1. The molecular formula is C19H29N5O3+2. The van der Waals surface area contributed by atoms with Gasteiger partial charge < -0.3 is 14.5 Å². The number of benzene rings is 1. The first kappa shape index (κ1) is 19.3. The van der Waals surface area contributed by atoms with E-state index in [0.29, 0.717) is 18.1 Å². The van der Waals surface area contributed by atoms with Gasteiger partial charge in [0, 0.05) is 5.56 Å². The summed E-state index contributed by atoms with van der Waals surface area (Å²) in [6, 6.07) is 6.33. The molecule has 1 fully saturated rings. The number of hydrogen-bond donors (Lipinski definition) is 2. The summed E-state index contributed by atoms with van der Waals surface area (Å²) in [7, 11) is 1.72. The topological polar surface area (TPSA) is 79.1 Å². The van der Waals surface area contributed by atoms with E-state index in [9.17, 15) is 10.1 Å². The van der Waals surface area contributed by atoms with Crippen molar-refractivity contribution in [1.29, 1.82) is 0 Å². The lowest BCUT2D eigenvalue weighted by molar-refractivity contribution is -1.03. The maximum Gasteiger partial charge on any atom is 0.312 e. The first-order chi connectivity index (χ1) is 12.9. The Labute approximate surface area is 159 Å². The first-order valence-electron chi connectivity index (χ1n) is 9.38. The minimum absolute atomic E-state index is 0.144. The van der Waals surface area contributed by atoms with E-state index in [1.165, 1.54) is 16.0 Å². The second-order valence-electron chi connectivity index (χ2n) is 7.43. The van der Waals surface area contributed by atoms with E-state index < -0.39 is 0 Å². The Bertz CT molecular complexity index is 825. The van der Waals surface area contributed by atoms with E-state index in [1.54, 1.807) is 30.5 Å². The third-order valence-electron chi connectivity index (χ3n) is 5.44. The van der Waals surface area contributed by atoms with Crippen molar-refractivity contribution < 1.29 is 19.5 Å². The predicted molar refractivity (Wildman–Crippen MR) is 101 cm³/mol. The lowest BCUT2D eigenvalue weighted by atomic mass is 10.1. The quantitative estimate of drug-likeness (QED) is 0.535. The molecule has 3 rings (SSSR count). The molecule has 0 spiro atoms. The summed E-state index contributed by atoms with van der Waals surface area (Å²) in [4.78, 5) is 13.8. The maximum absolute atomic E-state index is 11.2. The summed E-state index contributed by atoms with van der Waals surface area (Å²) in [6.45, 7) is 11.4. The molecule has 8 nitrogen and oxygen atoms in total. The molecule has 146 valence electrons. The van der Waals surface area contributed by atoms with E-state index in [2.05, 4.69) is 24.2 Å². The molecule has 1 aromatic heterocycles.